The number of hydrogen-bond acceptors (Lipinski definition) is 3. The monoisotopic (exact) mass is 251 g/mol. The molecule has 0 aromatic heterocycles. The molecule has 0 radical (unpaired) electrons. The smallest absolute Gasteiger partial charge is 0.412 e. The second-order valence-electron chi connectivity index (χ2n) is 5.56. The van der Waals surface area contributed by atoms with Crippen molar-refractivity contribution in [2.75, 3.05) is 5.32 Å². The lowest BCUT2D eigenvalue weighted by Crippen LogP contribution is -2.27. The highest BCUT2D eigenvalue weighted by Crippen LogP contribution is 2.28. The van der Waals surface area contributed by atoms with E-state index in [9.17, 15) is 9.90 Å². The summed E-state index contributed by atoms with van der Waals surface area (Å²) >= 11 is 0. The predicted octanol–water partition coefficient (Wildman–Crippen LogP) is 3.86. The van der Waals surface area contributed by atoms with Gasteiger partial charge >= 0.3 is 6.09 Å². The summed E-state index contributed by atoms with van der Waals surface area (Å²) in [5.74, 6) is 0.421. The molecule has 0 atom stereocenters. The van der Waals surface area contributed by atoms with Crippen molar-refractivity contribution in [2.24, 2.45) is 0 Å². The van der Waals surface area contributed by atoms with Crippen LogP contribution in [0.1, 0.15) is 46.1 Å². The molecule has 0 aliphatic heterocycles. The number of carbonyl (C=O) groups excluding carboxylic acids is 1. The largest absolute Gasteiger partial charge is 0.508 e. The van der Waals surface area contributed by atoms with Crippen molar-refractivity contribution >= 4 is 11.8 Å². The molecule has 0 fully saturated rings. The quantitative estimate of drug-likeness (QED) is 0.784. The van der Waals surface area contributed by atoms with Crippen LogP contribution in [0, 0.1) is 0 Å². The van der Waals surface area contributed by atoms with E-state index in [2.05, 4.69) is 5.32 Å². The van der Waals surface area contributed by atoms with Gasteiger partial charge in [0.05, 0.1) is 0 Å². The maximum atomic E-state index is 11.6. The van der Waals surface area contributed by atoms with Gasteiger partial charge in [0.2, 0.25) is 0 Å². The van der Waals surface area contributed by atoms with Gasteiger partial charge in [-0.15, -0.1) is 0 Å². The fraction of sp³-hybridized carbons (Fsp3) is 0.500. The molecular formula is C14H21NO3. The number of anilines is 1. The summed E-state index contributed by atoms with van der Waals surface area (Å²) < 4.78 is 5.16. The van der Waals surface area contributed by atoms with Gasteiger partial charge in [0.25, 0.3) is 0 Å². The number of carbonyl (C=O) groups is 1. The van der Waals surface area contributed by atoms with E-state index in [1.807, 2.05) is 34.6 Å². The zero-order valence-electron chi connectivity index (χ0n) is 11.6. The van der Waals surface area contributed by atoms with Crippen LogP contribution in [0.3, 0.4) is 0 Å². The molecule has 0 saturated carbocycles. The Morgan fingerprint density at radius 3 is 2.44 bits per heavy atom. The molecule has 0 spiro atoms. The van der Waals surface area contributed by atoms with E-state index >= 15 is 0 Å². The van der Waals surface area contributed by atoms with E-state index in [1.165, 1.54) is 0 Å². The fourth-order valence-electron chi connectivity index (χ4n) is 1.52. The van der Waals surface area contributed by atoms with Gasteiger partial charge in [0.15, 0.2) is 0 Å². The highest BCUT2D eigenvalue weighted by molar-refractivity contribution is 5.85. The highest BCUT2D eigenvalue weighted by atomic mass is 16.6. The van der Waals surface area contributed by atoms with Gasteiger partial charge in [-0.25, -0.2) is 4.79 Å². The van der Waals surface area contributed by atoms with Crippen LogP contribution in [-0.4, -0.2) is 16.8 Å². The molecule has 1 aromatic rings. The van der Waals surface area contributed by atoms with Crippen molar-refractivity contribution < 1.29 is 14.6 Å². The molecule has 1 aromatic carbocycles. The number of aromatic hydroxyl groups is 1. The average molecular weight is 251 g/mol. The van der Waals surface area contributed by atoms with Crippen LogP contribution >= 0.6 is 0 Å². The summed E-state index contributed by atoms with van der Waals surface area (Å²) in [6.07, 6.45) is -0.497. The van der Waals surface area contributed by atoms with Crippen LogP contribution in [0.5, 0.6) is 5.75 Å². The number of hydrogen-bond donors (Lipinski definition) is 2. The van der Waals surface area contributed by atoms with Crippen LogP contribution in [0.25, 0.3) is 0 Å². The average Bonchev–Trinajstić information content (AvgIpc) is 2.17. The first kappa shape index (κ1) is 14.4. The highest BCUT2D eigenvalue weighted by Gasteiger charge is 2.16. The molecule has 1 rings (SSSR count). The Bertz CT molecular complexity index is 433. The van der Waals surface area contributed by atoms with Gasteiger partial charge < -0.3 is 9.84 Å². The normalized spacial score (nSPS) is 11.4. The Balaban J connectivity index is 2.80. The van der Waals surface area contributed by atoms with Crippen LogP contribution in [-0.2, 0) is 4.74 Å². The summed E-state index contributed by atoms with van der Waals surface area (Å²) in [5, 5.41) is 12.3. The number of nitrogens with one attached hydrogen (secondary N) is 1. The predicted molar refractivity (Wildman–Crippen MR) is 72.1 cm³/mol. The molecule has 18 heavy (non-hydrogen) atoms. The first-order valence-corrected chi connectivity index (χ1v) is 6.02. The first-order valence-electron chi connectivity index (χ1n) is 6.02. The van der Waals surface area contributed by atoms with Gasteiger partial charge in [-0.3, -0.25) is 5.32 Å². The Morgan fingerprint density at radius 2 is 1.94 bits per heavy atom. The van der Waals surface area contributed by atoms with Gasteiger partial charge in [-0.2, -0.15) is 0 Å². The maximum Gasteiger partial charge on any atom is 0.412 e. The van der Waals surface area contributed by atoms with E-state index in [1.54, 1.807) is 18.2 Å². The third kappa shape index (κ3) is 4.28. The Morgan fingerprint density at radius 1 is 1.33 bits per heavy atom. The minimum absolute atomic E-state index is 0.186. The molecule has 0 bridgehead atoms. The zero-order chi connectivity index (χ0) is 13.9. The Kier molecular flexibility index (Phi) is 4.22. The number of amides is 1. The van der Waals surface area contributed by atoms with Crippen molar-refractivity contribution in [2.45, 2.75) is 46.1 Å². The molecule has 4 heteroatoms. The number of phenolic OH excluding ortho intramolecular Hbond substituents is 1. The molecule has 0 aliphatic rings. The molecule has 1 amide bonds. The number of phenols is 1. The summed E-state index contributed by atoms with van der Waals surface area (Å²) in [6.45, 7) is 9.38. The van der Waals surface area contributed by atoms with Crippen molar-refractivity contribution in [1.29, 1.82) is 0 Å². The summed E-state index contributed by atoms with van der Waals surface area (Å²) in [7, 11) is 0. The number of rotatable bonds is 2. The lowest BCUT2D eigenvalue weighted by molar-refractivity contribution is 0.0636. The molecule has 0 aliphatic carbocycles. The lowest BCUT2D eigenvalue weighted by atomic mass is 10.0. The molecule has 0 heterocycles. The van der Waals surface area contributed by atoms with Crippen molar-refractivity contribution in [3.05, 3.63) is 23.8 Å². The third-order valence-corrected chi connectivity index (χ3v) is 2.29. The maximum absolute atomic E-state index is 11.6. The lowest BCUT2D eigenvalue weighted by Gasteiger charge is -2.20. The fourth-order valence-corrected chi connectivity index (χ4v) is 1.52. The standard InChI is InChI=1S/C14H21NO3/c1-9(2)11-8-10(6-7-12(11)16)15-13(17)18-14(3,4)5/h6-9,16H,1-5H3,(H,15,17). The summed E-state index contributed by atoms with van der Waals surface area (Å²) in [4.78, 5) is 11.6. The summed E-state index contributed by atoms with van der Waals surface area (Å²) in [5.41, 5.74) is 0.885. The zero-order valence-corrected chi connectivity index (χ0v) is 11.6. The Labute approximate surface area is 108 Å². The van der Waals surface area contributed by atoms with Gasteiger partial charge in [0, 0.05) is 5.69 Å². The summed E-state index contributed by atoms with van der Waals surface area (Å²) in [6, 6.07) is 4.97. The molecule has 0 unspecified atom stereocenters. The molecule has 100 valence electrons. The van der Waals surface area contributed by atoms with Crippen molar-refractivity contribution in [1.82, 2.24) is 0 Å². The van der Waals surface area contributed by atoms with Gasteiger partial charge in [0.1, 0.15) is 11.4 Å². The number of benzene rings is 1. The molecular weight excluding hydrogens is 230 g/mol. The van der Waals surface area contributed by atoms with Crippen LogP contribution < -0.4 is 5.32 Å². The third-order valence-electron chi connectivity index (χ3n) is 2.29. The van der Waals surface area contributed by atoms with E-state index < -0.39 is 11.7 Å². The second-order valence-corrected chi connectivity index (χ2v) is 5.56. The van der Waals surface area contributed by atoms with Crippen molar-refractivity contribution in [3.63, 3.8) is 0 Å². The van der Waals surface area contributed by atoms with Gasteiger partial charge in [-0.1, -0.05) is 13.8 Å². The van der Waals surface area contributed by atoms with E-state index in [0.717, 1.165) is 5.56 Å². The molecule has 2 N–H and O–H groups in total. The van der Waals surface area contributed by atoms with E-state index in [0.29, 0.717) is 5.69 Å². The molecule has 4 nitrogen and oxygen atoms in total. The van der Waals surface area contributed by atoms with E-state index in [-0.39, 0.29) is 11.7 Å². The number of ether oxygens (including phenoxy) is 1. The first-order chi connectivity index (χ1) is 8.19. The minimum atomic E-state index is -0.526. The van der Waals surface area contributed by atoms with Crippen LogP contribution in [0.15, 0.2) is 18.2 Å². The topological polar surface area (TPSA) is 58.6 Å². The second kappa shape index (κ2) is 5.29. The Hall–Kier alpha value is -1.71. The minimum Gasteiger partial charge on any atom is -0.508 e. The van der Waals surface area contributed by atoms with E-state index in [4.69, 9.17) is 4.74 Å². The van der Waals surface area contributed by atoms with Gasteiger partial charge in [-0.05, 0) is 50.5 Å². The SMILES string of the molecule is CC(C)c1cc(NC(=O)OC(C)(C)C)ccc1O. The van der Waals surface area contributed by atoms with Crippen molar-refractivity contribution in [3.8, 4) is 5.75 Å². The molecule has 0 saturated heterocycles. The van der Waals surface area contributed by atoms with Crippen LogP contribution in [0.2, 0.25) is 0 Å². The van der Waals surface area contributed by atoms with Crippen LogP contribution in [0.4, 0.5) is 10.5 Å².